The first-order chi connectivity index (χ1) is 9.58. The number of rotatable bonds is 3. The van der Waals surface area contributed by atoms with Crippen molar-refractivity contribution in [1.29, 1.82) is 0 Å². The molecule has 2 rings (SSSR count). The third-order valence-corrected chi connectivity index (χ3v) is 2.70. The summed E-state index contributed by atoms with van der Waals surface area (Å²) in [5, 5.41) is 0. The Morgan fingerprint density at radius 3 is 1.80 bits per heavy atom. The predicted molar refractivity (Wildman–Crippen MR) is 76.8 cm³/mol. The van der Waals surface area contributed by atoms with Gasteiger partial charge in [-0.05, 0) is 36.4 Å². The summed E-state index contributed by atoms with van der Waals surface area (Å²) in [5.41, 5.74) is 0.533. The lowest BCUT2D eigenvalue weighted by Gasteiger charge is -2.17. The number of hydrogen-bond acceptors (Lipinski definition) is 3. The molecule has 0 saturated heterocycles. The molecule has 20 heavy (non-hydrogen) atoms. The van der Waals surface area contributed by atoms with Crippen LogP contribution in [0.5, 0.6) is 11.5 Å². The van der Waals surface area contributed by atoms with E-state index in [1.165, 1.54) is 13.8 Å². The normalized spacial score (nSPS) is 9.90. The molecule has 0 unspecified atom stereocenters. The fourth-order valence-corrected chi connectivity index (χ4v) is 1.87. The standard InChI is InChI=1S/C16H15NO3/c1-12(18)17(13(2)19)14-8-10-16(11-9-14)20-15-6-4-3-5-7-15/h3-11H,1-2H3. The molecule has 0 spiro atoms. The largest absolute Gasteiger partial charge is 0.457 e. The van der Waals surface area contributed by atoms with Crippen LogP contribution in [0.2, 0.25) is 0 Å². The van der Waals surface area contributed by atoms with E-state index in [2.05, 4.69) is 0 Å². The quantitative estimate of drug-likeness (QED) is 0.858. The van der Waals surface area contributed by atoms with Crippen LogP contribution < -0.4 is 9.64 Å². The van der Waals surface area contributed by atoms with Crippen molar-refractivity contribution in [1.82, 2.24) is 0 Å². The Morgan fingerprint density at radius 2 is 1.30 bits per heavy atom. The highest BCUT2D eigenvalue weighted by atomic mass is 16.5. The maximum Gasteiger partial charge on any atom is 0.230 e. The lowest BCUT2D eigenvalue weighted by atomic mass is 10.2. The Labute approximate surface area is 117 Å². The molecule has 0 fully saturated rings. The van der Waals surface area contributed by atoms with Gasteiger partial charge in [0.2, 0.25) is 11.8 Å². The third kappa shape index (κ3) is 3.23. The maximum atomic E-state index is 11.4. The number of para-hydroxylation sites is 1. The average Bonchev–Trinajstić information content (AvgIpc) is 2.41. The number of carbonyl (C=O) groups is 2. The summed E-state index contributed by atoms with van der Waals surface area (Å²) in [7, 11) is 0. The van der Waals surface area contributed by atoms with Crippen LogP contribution in [-0.4, -0.2) is 11.8 Å². The molecule has 0 aliphatic carbocycles. The fourth-order valence-electron chi connectivity index (χ4n) is 1.87. The zero-order chi connectivity index (χ0) is 14.5. The second kappa shape index (κ2) is 6.02. The third-order valence-electron chi connectivity index (χ3n) is 2.70. The van der Waals surface area contributed by atoms with Crippen LogP contribution in [0, 0.1) is 0 Å². The van der Waals surface area contributed by atoms with Gasteiger partial charge in [0.05, 0.1) is 5.69 Å². The number of anilines is 1. The molecule has 0 N–H and O–H groups in total. The van der Waals surface area contributed by atoms with Gasteiger partial charge in [-0.2, -0.15) is 0 Å². The predicted octanol–water partition coefficient (Wildman–Crippen LogP) is 3.38. The second-order valence-corrected chi connectivity index (χ2v) is 4.28. The van der Waals surface area contributed by atoms with Crippen LogP contribution in [-0.2, 0) is 9.59 Å². The summed E-state index contributed by atoms with van der Waals surface area (Å²) >= 11 is 0. The van der Waals surface area contributed by atoms with Gasteiger partial charge in [0.15, 0.2) is 0 Å². The van der Waals surface area contributed by atoms with Gasteiger partial charge >= 0.3 is 0 Å². The van der Waals surface area contributed by atoms with Crippen molar-refractivity contribution in [2.75, 3.05) is 4.90 Å². The van der Waals surface area contributed by atoms with Crippen molar-refractivity contribution in [2.45, 2.75) is 13.8 Å². The van der Waals surface area contributed by atoms with E-state index < -0.39 is 0 Å². The monoisotopic (exact) mass is 269 g/mol. The Morgan fingerprint density at radius 1 is 0.800 bits per heavy atom. The number of carbonyl (C=O) groups excluding carboxylic acids is 2. The van der Waals surface area contributed by atoms with Crippen LogP contribution in [0.3, 0.4) is 0 Å². The number of imide groups is 1. The number of benzene rings is 2. The van der Waals surface area contributed by atoms with E-state index in [-0.39, 0.29) is 11.8 Å². The van der Waals surface area contributed by atoms with E-state index >= 15 is 0 Å². The molecule has 0 atom stereocenters. The maximum absolute atomic E-state index is 11.4. The van der Waals surface area contributed by atoms with Crippen molar-refractivity contribution < 1.29 is 14.3 Å². The molecule has 0 bridgehead atoms. The Balaban J connectivity index is 2.18. The SMILES string of the molecule is CC(=O)N(C(C)=O)c1ccc(Oc2ccccc2)cc1. The topological polar surface area (TPSA) is 46.6 Å². The van der Waals surface area contributed by atoms with Gasteiger partial charge in [-0.15, -0.1) is 0 Å². The summed E-state index contributed by atoms with van der Waals surface area (Å²) < 4.78 is 5.65. The molecule has 4 nitrogen and oxygen atoms in total. The summed E-state index contributed by atoms with van der Waals surface area (Å²) in [4.78, 5) is 24.0. The Kier molecular flexibility index (Phi) is 4.15. The molecular formula is C16H15NO3. The van der Waals surface area contributed by atoms with Gasteiger partial charge in [-0.25, -0.2) is 0 Å². The first kappa shape index (κ1) is 13.8. The lowest BCUT2D eigenvalue weighted by Crippen LogP contribution is -2.32. The summed E-state index contributed by atoms with van der Waals surface area (Å²) in [5.74, 6) is 0.755. The lowest BCUT2D eigenvalue weighted by molar-refractivity contribution is -0.124. The van der Waals surface area contributed by atoms with Crippen LogP contribution in [0.1, 0.15) is 13.8 Å². The van der Waals surface area contributed by atoms with Gasteiger partial charge in [0.25, 0.3) is 0 Å². The molecular weight excluding hydrogens is 254 g/mol. The average molecular weight is 269 g/mol. The van der Waals surface area contributed by atoms with Gasteiger partial charge in [0, 0.05) is 13.8 Å². The first-order valence-corrected chi connectivity index (χ1v) is 6.22. The van der Waals surface area contributed by atoms with E-state index in [4.69, 9.17) is 4.74 Å². The highest BCUT2D eigenvalue weighted by Gasteiger charge is 2.15. The number of nitrogens with zero attached hydrogens (tertiary/aromatic N) is 1. The molecule has 4 heteroatoms. The minimum absolute atomic E-state index is 0.311. The molecule has 2 aromatic rings. The minimum atomic E-state index is -0.311. The fraction of sp³-hybridized carbons (Fsp3) is 0.125. The van der Waals surface area contributed by atoms with Crippen LogP contribution >= 0.6 is 0 Å². The molecule has 0 saturated carbocycles. The Bertz CT molecular complexity index is 591. The number of ether oxygens (including phenoxy) is 1. The molecule has 2 aromatic carbocycles. The molecule has 102 valence electrons. The van der Waals surface area contributed by atoms with E-state index in [0.717, 1.165) is 10.6 Å². The zero-order valence-corrected chi connectivity index (χ0v) is 11.4. The van der Waals surface area contributed by atoms with Crippen LogP contribution in [0.15, 0.2) is 54.6 Å². The minimum Gasteiger partial charge on any atom is -0.457 e. The number of hydrogen-bond donors (Lipinski definition) is 0. The second-order valence-electron chi connectivity index (χ2n) is 4.28. The van der Waals surface area contributed by atoms with Crippen molar-refractivity contribution in [3.8, 4) is 11.5 Å². The summed E-state index contributed by atoms with van der Waals surface area (Å²) in [6.07, 6.45) is 0. The van der Waals surface area contributed by atoms with Gasteiger partial charge in [-0.1, -0.05) is 18.2 Å². The van der Waals surface area contributed by atoms with Gasteiger partial charge in [-0.3, -0.25) is 14.5 Å². The van der Waals surface area contributed by atoms with E-state index in [0.29, 0.717) is 11.4 Å². The van der Waals surface area contributed by atoms with Crippen molar-refractivity contribution in [3.05, 3.63) is 54.6 Å². The summed E-state index contributed by atoms with van der Waals surface area (Å²) in [6, 6.07) is 16.2. The number of amides is 2. The molecule has 0 aliphatic rings. The molecule has 0 radical (unpaired) electrons. The molecule has 0 aromatic heterocycles. The molecule has 2 amide bonds. The van der Waals surface area contributed by atoms with E-state index in [1.54, 1.807) is 24.3 Å². The van der Waals surface area contributed by atoms with Crippen LogP contribution in [0.25, 0.3) is 0 Å². The van der Waals surface area contributed by atoms with Crippen LogP contribution in [0.4, 0.5) is 5.69 Å². The molecule has 0 aliphatic heterocycles. The van der Waals surface area contributed by atoms with E-state index in [1.807, 2.05) is 30.3 Å². The highest BCUT2D eigenvalue weighted by Crippen LogP contribution is 2.24. The van der Waals surface area contributed by atoms with Gasteiger partial charge in [0.1, 0.15) is 11.5 Å². The molecule has 0 heterocycles. The first-order valence-electron chi connectivity index (χ1n) is 6.22. The summed E-state index contributed by atoms with van der Waals surface area (Å²) in [6.45, 7) is 2.71. The van der Waals surface area contributed by atoms with Gasteiger partial charge < -0.3 is 4.74 Å². The Hall–Kier alpha value is -2.62. The zero-order valence-electron chi connectivity index (χ0n) is 11.4. The van der Waals surface area contributed by atoms with E-state index in [9.17, 15) is 9.59 Å². The highest BCUT2D eigenvalue weighted by molar-refractivity contribution is 6.13. The van der Waals surface area contributed by atoms with Crippen molar-refractivity contribution in [2.24, 2.45) is 0 Å². The smallest absolute Gasteiger partial charge is 0.230 e. The van der Waals surface area contributed by atoms with Crippen molar-refractivity contribution >= 4 is 17.5 Å². The van der Waals surface area contributed by atoms with Crippen molar-refractivity contribution in [3.63, 3.8) is 0 Å².